The summed E-state index contributed by atoms with van der Waals surface area (Å²) in [5.74, 6) is 1.61. The van der Waals surface area contributed by atoms with Gasteiger partial charge < -0.3 is 14.2 Å². The maximum absolute atomic E-state index is 5.67. The van der Waals surface area contributed by atoms with Gasteiger partial charge in [0.05, 0.1) is 13.2 Å². The Kier molecular flexibility index (Phi) is 7.05. The molecule has 0 saturated carbocycles. The number of ether oxygens (including phenoxy) is 3. The Labute approximate surface area is 111 Å². The third-order valence-corrected chi connectivity index (χ3v) is 2.86. The summed E-state index contributed by atoms with van der Waals surface area (Å²) in [6.45, 7) is 3.96. The third kappa shape index (κ3) is 4.96. The Balaban J connectivity index is 2.62. The highest BCUT2D eigenvalue weighted by atomic mass is 79.9. The monoisotopic (exact) mass is 302 g/mol. The zero-order valence-corrected chi connectivity index (χ0v) is 12.0. The molecule has 96 valence electrons. The molecule has 0 unspecified atom stereocenters. The van der Waals surface area contributed by atoms with Crippen molar-refractivity contribution in [2.24, 2.45) is 0 Å². The van der Waals surface area contributed by atoms with E-state index in [1.807, 2.05) is 25.1 Å². The van der Waals surface area contributed by atoms with E-state index in [4.69, 9.17) is 14.2 Å². The van der Waals surface area contributed by atoms with E-state index in [0.717, 1.165) is 23.2 Å². The van der Waals surface area contributed by atoms with Gasteiger partial charge in [0.25, 0.3) is 0 Å². The van der Waals surface area contributed by atoms with Crippen LogP contribution in [-0.2, 0) is 10.1 Å². The van der Waals surface area contributed by atoms with Gasteiger partial charge in [0.1, 0.15) is 0 Å². The van der Waals surface area contributed by atoms with Crippen LogP contribution in [0.5, 0.6) is 11.5 Å². The molecule has 0 spiro atoms. The van der Waals surface area contributed by atoms with Crippen LogP contribution >= 0.6 is 15.9 Å². The summed E-state index contributed by atoms with van der Waals surface area (Å²) in [6, 6.07) is 5.99. The van der Waals surface area contributed by atoms with Crippen LogP contribution in [0.15, 0.2) is 18.2 Å². The Bertz CT molecular complexity index is 328. The van der Waals surface area contributed by atoms with Gasteiger partial charge in [0, 0.05) is 25.5 Å². The lowest BCUT2D eigenvalue weighted by atomic mass is 10.2. The fourth-order valence-corrected chi connectivity index (χ4v) is 1.76. The normalized spacial score (nSPS) is 10.3. The van der Waals surface area contributed by atoms with E-state index in [1.54, 1.807) is 7.11 Å². The van der Waals surface area contributed by atoms with Crippen LogP contribution in [0, 0.1) is 0 Å². The summed E-state index contributed by atoms with van der Waals surface area (Å²) in [5, 5.41) is 0.816. The summed E-state index contributed by atoms with van der Waals surface area (Å²) in [4.78, 5) is 0. The quantitative estimate of drug-likeness (QED) is 0.544. The van der Waals surface area contributed by atoms with Crippen molar-refractivity contribution in [1.29, 1.82) is 0 Å². The van der Waals surface area contributed by atoms with E-state index in [9.17, 15) is 0 Å². The van der Waals surface area contributed by atoms with Crippen LogP contribution in [-0.4, -0.2) is 26.9 Å². The van der Waals surface area contributed by atoms with Crippen LogP contribution in [0.2, 0.25) is 0 Å². The van der Waals surface area contributed by atoms with Crippen LogP contribution in [0.1, 0.15) is 18.9 Å². The summed E-state index contributed by atoms with van der Waals surface area (Å²) < 4.78 is 16.2. The van der Waals surface area contributed by atoms with Crippen molar-refractivity contribution in [3.05, 3.63) is 23.8 Å². The molecule has 0 bridgehead atoms. The van der Waals surface area contributed by atoms with Crippen molar-refractivity contribution in [2.45, 2.75) is 18.7 Å². The first-order valence-corrected chi connectivity index (χ1v) is 6.87. The van der Waals surface area contributed by atoms with Gasteiger partial charge in [-0.05, 0) is 24.6 Å². The summed E-state index contributed by atoms with van der Waals surface area (Å²) in [6.07, 6.45) is 0.877. The second-order valence-corrected chi connectivity index (χ2v) is 4.10. The number of alkyl halides is 1. The zero-order valence-electron chi connectivity index (χ0n) is 10.4. The van der Waals surface area contributed by atoms with Crippen molar-refractivity contribution >= 4 is 15.9 Å². The predicted octanol–water partition coefficient (Wildman–Crippen LogP) is 3.40. The molecule has 0 radical (unpaired) electrons. The SMILES string of the molecule is CCOc1cc(CBr)ccc1OCCCOC. The summed E-state index contributed by atoms with van der Waals surface area (Å²) in [5.41, 5.74) is 1.18. The molecule has 4 heteroatoms. The molecule has 0 amide bonds. The van der Waals surface area contributed by atoms with Gasteiger partial charge in [0.2, 0.25) is 0 Å². The molecule has 0 aliphatic heterocycles. The molecule has 0 aliphatic rings. The Hall–Kier alpha value is -0.740. The van der Waals surface area contributed by atoms with Gasteiger partial charge in [-0.1, -0.05) is 22.0 Å². The topological polar surface area (TPSA) is 27.7 Å². The highest BCUT2D eigenvalue weighted by Gasteiger charge is 2.05. The van der Waals surface area contributed by atoms with Crippen molar-refractivity contribution in [1.82, 2.24) is 0 Å². The van der Waals surface area contributed by atoms with E-state index in [2.05, 4.69) is 15.9 Å². The lowest BCUT2D eigenvalue weighted by Crippen LogP contribution is -2.03. The van der Waals surface area contributed by atoms with Gasteiger partial charge in [-0.2, -0.15) is 0 Å². The van der Waals surface area contributed by atoms with Crippen LogP contribution in [0.3, 0.4) is 0 Å². The van der Waals surface area contributed by atoms with Crippen LogP contribution < -0.4 is 9.47 Å². The van der Waals surface area contributed by atoms with Gasteiger partial charge in [-0.3, -0.25) is 0 Å². The van der Waals surface area contributed by atoms with Gasteiger partial charge in [0.15, 0.2) is 11.5 Å². The van der Waals surface area contributed by atoms with Crippen molar-refractivity contribution < 1.29 is 14.2 Å². The molecule has 0 aliphatic carbocycles. The maximum atomic E-state index is 5.67. The molecule has 0 fully saturated rings. The molecule has 0 saturated heterocycles. The number of methoxy groups -OCH3 is 1. The van der Waals surface area contributed by atoms with Crippen molar-refractivity contribution in [3.63, 3.8) is 0 Å². The number of rotatable bonds is 8. The first kappa shape index (κ1) is 14.3. The Morgan fingerprint density at radius 3 is 2.59 bits per heavy atom. The van der Waals surface area contributed by atoms with Crippen LogP contribution in [0.25, 0.3) is 0 Å². The van der Waals surface area contributed by atoms with E-state index in [1.165, 1.54) is 5.56 Å². The van der Waals surface area contributed by atoms with Crippen molar-refractivity contribution in [2.75, 3.05) is 26.9 Å². The third-order valence-electron chi connectivity index (χ3n) is 2.21. The van der Waals surface area contributed by atoms with Crippen LogP contribution in [0.4, 0.5) is 0 Å². The molecule has 0 N–H and O–H groups in total. The Morgan fingerprint density at radius 1 is 1.12 bits per heavy atom. The molecular weight excluding hydrogens is 284 g/mol. The average molecular weight is 303 g/mol. The molecule has 0 atom stereocenters. The van der Waals surface area contributed by atoms with E-state index >= 15 is 0 Å². The maximum Gasteiger partial charge on any atom is 0.161 e. The number of benzene rings is 1. The predicted molar refractivity (Wildman–Crippen MR) is 72.2 cm³/mol. The van der Waals surface area contributed by atoms with E-state index < -0.39 is 0 Å². The van der Waals surface area contributed by atoms with E-state index in [0.29, 0.717) is 19.8 Å². The summed E-state index contributed by atoms with van der Waals surface area (Å²) >= 11 is 3.43. The fraction of sp³-hybridized carbons (Fsp3) is 0.538. The standard InChI is InChI=1S/C13H19BrO3/c1-3-16-13-9-11(10-14)5-6-12(13)17-8-4-7-15-2/h5-6,9H,3-4,7-8,10H2,1-2H3. The van der Waals surface area contributed by atoms with Gasteiger partial charge >= 0.3 is 0 Å². The van der Waals surface area contributed by atoms with Gasteiger partial charge in [-0.25, -0.2) is 0 Å². The molecular formula is C13H19BrO3. The minimum atomic E-state index is 0.639. The van der Waals surface area contributed by atoms with E-state index in [-0.39, 0.29) is 0 Å². The minimum absolute atomic E-state index is 0.639. The van der Waals surface area contributed by atoms with Gasteiger partial charge in [-0.15, -0.1) is 0 Å². The summed E-state index contributed by atoms with van der Waals surface area (Å²) in [7, 11) is 1.69. The first-order chi connectivity index (χ1) is 8.31. The molecule has 3 nitrogen and oxygen atoms in total. The average Bonchev–Trinajstić information content (AvgIpc) is 2.36. The van der Waals surface area contributed by atoms with Crippen molar-refractivity contribution in [3.8, 4) is 11.5 Å². The number of hydrogen-bond acceptors (Lipinski definition) is 3. The smallest absolute Gasteiger partial charge is 0.161 e. The number of halogens is 1. The second kappa shape index (κ2) is 8.37. The largest absolute Gasteiger partial charge is 0.490 e. The fourth-order valence-electron chi connectivity index (χ4n) is 1.41. The second-order valence-electron chi connectivity index (χ2n) is 3.54. The lowest BCUT2D eigenvalue weighted by Gasteiger charge is -2.12. The molecule has 0 aromatic heterocycles. The molecule has 0 heterocycles. The molecule has 17 heavy (non-hydrogen) atoms. The lowest BCUT2D eigenvalue weighted by molar-refractivity contribution is 0.170. The first-order valence-electron chi connectivity index (χ1n) is 5.75. The highest BCUT2D eigenvalue weighted by Crippen LogP contribution is 2.29. The molecule has 1 aromatic carbocycles. The highest BCUT2D eigenvalue weighted by molar-refractivity contribution is 9.08. The number of hydrogen-bond donors (Lipinski definition) is 0. The minimum Gasteiger partial charge on any atom is -0.490 e. The molecule has 1 aromatic rings. The zero-order chi connectivity index (χ0) is 12.5. The Morgan fingerprint density at radius 2 is 1.94 bits per heavy atom. The molecule has 1 rings (SSSR count).